The van der Waals surface area contributed by atoms with E-state index < -0.39 is 0 Å². The maximum atomic E-state index is 9.57. The van der Waals surface area contributed by atoms with Crippen molar-refractivity contribution in [1.29, 1.82) is 0 Å². The predicted molar refractivity (Wildman–Crippen MR) is 63.6 cm³/mol. The fourth-order valence-electron chi connectivity index (χ4n) is 1.97. The lowest BCUT2D eigenvalue weighted by atomic mass is 9.82. The van der Waals surface area contributed by atoms with E-state index in [1.807, 2.05) is 0 Å². The average Bonchev–Trinajstić information content (AvgIpc) is 2.20. The first kappa shape index (κ1) is 11.7. The fraction of sp³-hybridized carbons (Fsp3) is 0.500. The van der Waals surface area contributed by atoms with Gasteiger partial charge in [0.05, 0.1) is 6.10 Å². The molecule has 0 atom stereocenters. The van der Waals surface area contributed by atoms with Gasteiger partial charge in [0.25, 0.3) is 0 Å². The van der Waals surface area contributed by atoms with Crippen LogP contribution in [0, 0.1) is 5.92 Å². The third-order valence-electron chi connectivity index (χ3n) is 3.00. The highest BCUT2D eigenvalue weighted by Crippen LogP contribution is 2.26. The van der Waals surface area contributed by atoms with Crippen LogP contribution in [0.3, 0.4) is 0 Å². The van der Waals surface area contributed by atoms with Crippen LogP contribution in [-0.4, -0.2) is 22.9 Å². The van der Waals surface area contributed by atoms with Gasteiger partial charge in [0.15, 0.2) is 0 Å². The van der Waals surface area contributed by atoms with E-state index in [0.717, 1.165) is 24.9 Å². The van der Waals surface area contributed by atoms with Crippen molar-refractivity contribution >= 4 is 11.6 Å². The van der Waals surface area contributed by atoms with E-state index in [9.17, 15) is 5.11 Å². The van der Waals surface area contributed by atoms with Gasteiger partial charge in [-0.05, 0) is 43.5 Å². The molecule has 0 aromatic heterocycles. The first-order valence-corrected chi connectivity index (χ1v) is 5.89. The van der Waals surface area contributed by atoms with E-state index in [2.05, 4.69) is 5.32 Å². The summed E-state index contributed by atoms with van der Waals surface area (Å²) in [5, 5.41) is 22.6. The number of aromatic hydroxyl groups is 1. The molecule has 0 bridgehead atoms. The van der Waals surface area contributed by atoms with Crippen molar-refractivity contribution in [1.82, 2.24) is 5.32 Å². The molecule has 0 heterocycles. The van der Waals surface area contributed by atoms with E-state index in [4.69, 9.17) is 16.7 Å². The first-order chi connectivity index (χ1) is 7.65. The monoisotopic (exact) mass is 241 g/mol. The Labute approximate surface area is 100 Å². The number of phenols is 1. The largest absolute Gasteiger partial charge is 0.508 e. The molecule has 88 valence electrons. The summed E-state index contributed by atoms with van der Waals surface area (Å²) in [6.45, 7) is 1.49. The van der Waals surface area contributed by atoms with Gasteiger partial charge in [-0.2, -0.15) is 0 Å². The molecule has 1 aromatic rings. The van der Waals surface area contributed by atoms with Crippen molar-refractivity contribution in [3.05, 3.63) is 28.8 Å². The minimum absolute atomic E-state index is 0.105. The Hall–Kier alpha value is -0.770. The second-order valence-electron chi connectivity index (χ2n) is 4.40. The van der Waals surface area contributed by atoms with E-state index >= 15 is 0 Å². The van der Waals surface area contributed by atoms with Crippen LogP contribution in [0.4, 0.5) is 0 Å². The molecule has 0 saturated heterocycles. The molecule has 1 fully saturated rings. The zero-order valence-electron chi connectivity index (χ0n) is 8.99. The number of aliphatic hydroxyl groups excluding tert-OH is 1. The summed E-state index contributed by atoms with van der Waals surface area (Å²) in [6.07, 6.45) is 1.66. The number of aliphatic hydroxyl groups is 1. The minimum Gasteiger partial charge on any atom is -0.508 e. The Bertz CT molecular complexity index is 364. The van der Waals surface area contributed by atoms with Crippen LogP contribution in [0.5, 0.6) is 5.75 Å². The quantitative estimate of drug-likeness (QED) is 0.755. The topological polar surface area (TPSA) is 52.5 Å². The number of phenolic OH excluding ortho intramolecular Hbond substituents is 1. The van der Waals surface area contributed by atoms with Gasteiger partial charge in [-0.25, -0.2) is 0 Å². The smallest absolute Gasteiger partial charge is 0.120 e. The number of rotatable bonds is 4. The molecule has 1 aliphatic carbocycles. The fourth-order valence-corrected chi connectivity index (χ4v) is 2.17. The summed E-state index contributed by atoms with van der Waals surface area (Å²) in [4.78, 5) is 0. The van der Waals surface area contributed by atoms with Gasteiger partial charge in [0.1, 0.15) is 5.75 Å². The summed E-state index contributed by atoms with van der Waals surface area (Å²) in [7, 11) is 0. The third-order valence-corrected chi connectivity index (χ3v) is 3.24. The van der Waals surface area contributed by atoms with Crippen LogP contribution in [0.25, 0.3) is 0 Å². The molecule has 16 heavy (non-hydrogen) atoms. The van der Waals surface area contributed by atoms with Crippen LogP contribution in [-0.2, 0) is 6.54 Å². The van der Waals surface area contributed by atoms with Crippen molar-refractivity contribution in [2.24, 2.45) is 5.92 Å². The van der Waals surface area contributed by atoms with Crippen LogP contribution in [0.2, 0.25) is 5.02 Å². The number of benzene rings is 1. The zero-order chi connectivity index (χ0) is 11.5. The van der Waals surface area contributed by atoms with Gasteiger partial charge in [0, 0.05) is 17.1 Å². The molecule has 1 saturated carbocycles. The van der Waals surface area contributed by atoms with E-state index in [-0.39, 0.29) is 11.9 Å². The van der Waals surface area contributed by atoms with Crippen molar-refractivity contribution in [3.8, 4) is 5.75 Å². The van der Waals surface area contributed by atoms with Crippen molar-refractivity contribution in [2.45, 2.75) is 25.5 Å². The lowest BCUT2D eigenvalue weighted by molar-refractivity contribution is 0.0429. The molecule has 1 aromatic carbocycles. The number of hydrogen-bond acceptors (Lipinski definition) is 3. The summed E-state index contributed by atoms with van der Waals surface area (Å²) in [6, 6.07) is 5.04. The molecule has 3 N–H and O–H groups in total. The summed E-state index contributed by atoms with van der Waals surface area (Å²) >= 11 is 5.84. The maximum Gasteiger partial charge on any atom is 0.120 e. The Balaban J connectivity index is 1.78. The van der Waals surface area contributed by atoms with Gasteiger partial charge in [-0.15, -0.1) is 0 Å². The standard InChI is InChI=1S/C12H16ClNO2/c13-10-1-2-12(16)9(5-10)7-14-6-8-3-11(15)4-8/h1-2,5,8,11,14-16H,3-4,6-7H2. The van der Waals surface area contributed by atoms with Gasteiger partial charge < -0.3 is 15.5 Å². The third kappa shape index (κ3) is 2.88. The van der Waals surface area contributed by atoms with E-state index in [0.29, 0.717) is 17.5 Å². The second-order valence-corrected chi connectivity index (χ2v) is 4.83. The van der Waals surface area contributed by atoms with Crippen LogP contribution < -0.4 is 5.32 Å². The minimum atomic E-state index is -0.105. The molecular formula is C12H16ClNO2. The number of halogens is 1. The SMILES string of the molecule is Oc1ccc(Cl)cc1CNCC1CC(O)C1. The molecule has 0 unspecified atom stereocenters. The normalized spacial score (nSPS) is 24.1. The average molecular weight is 242 g/mol. The van der Waals surface area contributed by atoms with Gasteiger partial charge in [-0.3, -0.25) is 0 Å². The van der Waals surface area contributed by atoms with E-state index in [1.54, 1.807) is 18.2 Å². The van der Waals surface area contributed by atoms with Crippen molar-refractivity contribution < 1.29 is 10.2 Å². The lowest BCUT2D eigenvalue weighted by Crippen LogP contribution is -2.35. The molecule has 1 aliphatic rings. The Morgan fingerprint density at radius 3 is 2.81 bits per heavy atom. The highest BCUT2D eigenvalue weighted by atomic mass is 35.5. The number of nitrogens with one attached hydrogen (secondary N) is 1. The summed E-state index contributed by atoms with van der Waals surface area (Å²) in [5.41, 5.74) is 0.812. The Morgan fingerprint density at radius 1 is 1.38 bits per heavy atom. The molecule has 3 nitrogen and oxygen atoms in total. The molecular weight excluding hydrogens is 226 g/mol. The Morgan fingerprint density at radius 2 is 2.12 bits per heavy atom. The van der Waals surface area contributed by atoms with Gasteiger partial charge in [-0.1, -0.05) is 11.6 Å². The maximum absolute atomic E-state index is 9.57. The van der Waals surface area contributed by atoms with Crippen LogP contribution in [0.15, 0.2) is 18.2 Å². The van der Waals surface area contributed by atoms with Crippen molar-refractivity contribution in [2.75, 3.05) is 6.54 Å². The second kappa shape index (κ2) is 5.04. The molecule has 0 aliphatic heterocycles. The molecule has 2 rings (SSSR count). The van der Waals surface area contributed by atoms with Gasteiger partial charge >= 0.3 is 0 Å². The first-order valence-electron chi connectivity index (χ1n) is 5.51. The number of hydrogen-bond donors (Lipinski definition) is 3. The van der Waals surface area contributed by atoms with Gasteiger partial charge in [0.2, 0.25) is 0 Å². The van der Waals surface area contributed by atoms with Crippen LogP contribution >= 0.6 is 11.6 Å². The summed E-state index contributed by atoms with van der Waals surface area (Å²) in [5.74, 6) is 0.835. The van der Waals surface area contributed by atoms with Crippen molar-refractivity contribution in [3.63, 3.8) is 0 Å². The molecule has 4 heteroatoms. The molecule has 0 radical (unpaired) electrons. The predicted octanol–water partition coefficient (Wildman–Crippen LogP) is 1.91. The highest BCUT2D eigenvalue weighted by Gasteiger charge is 2.26. The molecule has 0 amide bonds. The highest BCUT2D eigenvalue weighted by molar-refractivity contribution is 6.30. The zero-order valence-corrected chi connectivity index (χ0v) is 9.74. The van der Waals surface area contributed by atoms with Crippen LogP contribution in [0.1, 0.15) is 18.4 Å². The Kier molecular flexibility index (Phi) is 3.69. The lowest BCUT2D eigenvalue weighted by Gasteiger charge is -2.31. The molecule has 0 spiro atoms. The van der Waals surface area contributed by atoms with E-state index in [1.165, 1.54) is 0 Å². The summed E-state index contributed by atoms with van der Waals surface area (Å²) < 4.78 is 0.